The number of likely N-dealkylation sites (N-methyl/N-ethyl adjacent to an activating group) is 1. The summed E-state index contributed by atoms with van der Waals surface area (Å²) < 4.78 is 48.6. The van der Waals surface area contributed by atoms with Gasteiger partial charge in [0.25, 0.3) is 0 Å². The molecule has 3 aromatic carbocycles. The highest BCUT2D eigenvalue weighted by atomic mass is 32.2. The molecule has 1 aliphatic heterocycles. The minimum absolute atomic E-state index is 0.00609. The maximum absolute atomic E-state index is 13.7. The van der Waals surface area contributed by atoms with Gasteiger partial charge >= 0.3 is 6.03 Å². The molecule has 0 spiro atoms. The number of rotatable bonds is 7. The lowest BCUT2D eigenvalue weighted by molar-refractivity contribution is 0.0830. The number of benzene rings is 3. The summed E-state index contributed by atoms with van der Waals surface area (Å²) in [6.45, 7) is 3.37. The van der Waals surface area contributed by atoms with E-state index in [-0.39, 0.29) is 36.3 Å². The summed E-state index contributed by atoms with van der Waals surface area (Å²) >= 11 is 0. The summed E-state index contributed by atoms with van der Waals surface area (Å²) in [4.78, 5) is 14.3. The number of hydrogen-bond donors (Lipinski definition) is 2. The second kappa shape index (κ2) is 12.6. The van der Waals surface area contributed by atoms with E-state index in [1.54, 1.807) is 32.2 Å². The van der Waals surface area contributed by atoms with Crippen LogP contribution in [0.4, 0.5) is 14.9 Å². The Kier molecular flexibility index (Phi) is 9.24. The van der Waals surface area contributed by atoms with Crippen LogP contribution in [-0.4, -0.2) is 67.7 Å². The highest BCUT2D eigenvalue weighted by molar-refractivity contribution is 7.89. The number of aliphatic hydroxyl groups excluding tert-OH is 1. The Balaban J connectivity index is 1.65. The van der Waals surface area contributed by atoms with Crippen molar-refractivity contribution in [1.82, 2.24) is 9.21 Å². The zero-order chi connectivity index (χ0) is 28.9. The first-order valence-electron chi connectivity index (χ1n) is 13.0. The van der Waals surface area contributed by atoms with E-state index in [1.165, 1.54) is 33.5 Å². The number of sulfonamides is 1. The van der Waals surface area contributed by atoms with Crippen LogP contribution >= 0.6 is 0 Å². The zero-order valence-corrected chi connectivity index (χ0v) is 23.5. The largest absolute Gasteiger partial charge is 0.487 e. The van der Waals surface area contributed by atoms with Gasteiger partial charge in [-0.15, -0.1) is 0 Å². The van der Waals surface area contributed by atoms with Gasteiger partial charge < -0.3 is 20.1 Å². The topological polar surface area (TPSA) is 99.2 Å². The fraction of sp³-hybridized carbons (Fsp3) is 0.300. The molecule has 10 heteroatoms. The summed E-state index contributed by atoms with van der Waals surface area (Å²) in [5.74, 6) is -0.642. The van der Waals surface area contributed by atoms with Gasteiger partial charge in [-0.2, -0.15) is 4.31 Å². The predicted molar refractivity (Wildman–Crippen MR) is 154 cm³/mol. The Labute approximate surface area is 234 Å². The molecule has 4 rings (SSSR count). The lowest BCUT2D eigenvalue weighted by atomic mass is 10.0. The highest BCUT2D eigenvalue weighted by Crippen LogP contribution is 2.34. The van der Waals surface area contributed by atoms with E-state index in [2.05, 4.69) is 5.32 Å². The number of fused-ring (bicyclic) bond motifs is 1. The molecule has 0 saturated carbocycles. The number of aliphatic hydroxyl groups is 1. The molecule has 0 fully saturated rings. The predicted octanol–water partition coefficient (Wildman–Crippen LogP) is 4.93. The number of ether oxygens (including phenoxy) is 1. The molecule has 3 aromatic rings. The molecular formula is C30H34FN3O5S. The summed E-state index contributed by atoms with van der Waals surface area (Å²) in [5, 5.41) is 12.5. The highest BCUT2D eigenvalue weighted by Gasteiger charge is 2.38. The average molecular weight is 568 g/mol. The number of carbonyl (C=O) groups is 1. The van der Waals surface area contributed by atoms with Crippen LogP contribution in [0.1, 0.15) is 25.0 Å². The lowest BCUT2D eigenvalue weighted by Crippen LogP contribution is -2.50. The van der Waals surface area contributed by atoms with Crippen molar-refractivity contribution in [2.24, 2.45) is 5.92 Å². The van der Waals surface area contributed by atoms with Crippen molar-refractivity contribution < 1.29 is 27.4 Å². The Morgan fingerprint density at radius 3 is 2.55 bits per heavy atom. The molecule has 40 heavy (non-hydrogen) atoms. The van der Waals surface area contributed by atoms with Crippen LogP contribution in [0.5, 0.6) is 5.75 Å². The number of carbonyl (C=O) groups excluding carboxylic acids is 1. The molecule has 0 bridgehead atoms. The molecule has 0 radical (unpaired) electrons. The number of nitrogens with one attached hydrogen (secondary N) is 1. The van der Waals surface area contributed by atoms with Crippen LogP contribution in [0.3, 0.4) is 0 Å². The van der Waals surface area contributed by atoms with Gasteiger partial charge in [-0.3, -0.25) is 0 Å². The van der Waals surface area contributed by atoms with Crippen LogP contribution in [0, 0.1) is 11.7 Å². The quantitative estimate of drug-likeness (QED) is 0.395. The second-order valence-electron chi connectivity index (χ2n) is 10.0. The van der Waals surface area contributed by atoms with Crippen LogP contribution in [-0.2, 0) is 10.0 Å². The first-order chi connectivity index (χ1) is 19.1. The monoisotopic (exact) mass is 567 g/mol. The third kappa shape index (κ3) is 6.88. The molecule has 0 unspecified atom stereocenters. The summed E-state index contributed by atoms with van der Waals surface area (Å²) in [6.07, 6.45) is 3.21. The molecule has 0 aromatic heterocycles. The van der Waals surface area contributed by atoms with E-state index < -0.39 is 34.0 Å². The zero-order valence-electron chi connectivity index (χ0n) is 22.7. The minimum atomic E-state index is -3.99. The molecular weight excluding hydrogens is 533 g/mol. The number of nitrogens with zero attached hydrogens (tertiary/aromatic N) is 2. The van der Waals surface area contributed by atoms with Crippen molar-refractivity contribution in [3.63, 3.8) is 0 Å². The maximum atomic E-state index is 13.7. The Bertz CT molecular complexity index is 1470. The minimum Gasteiger partial charge on any atom is -0.487 e. The molecule has 212 valence electrons. The van der Waals surface area contributed by atoms with Crippen molar-refractivity contribution >= 4 is 33.9 Å². The van der Waals surface area contributed by atoms with Crippen LogP contribution in [0.2, 0.25) is 0 Å². The first-order valence-corrected chi connectivity index (χ1v) is 14.5. The molecule has 1 heterocycles. The SMILES string of the molecule is C[C@H]1CN([C@@H](C)CO)S(=O)(=O)c2ccc(/C=C/c3ccccc3)cc2O[C@@H]1CN(C)C(=O)Nc1cccc(F)c1. The second-order valence-corrected chi connectivity index (χ2v) is 11.9. The van der Waals surface area contributed by atoms with Crippen molar-refractivity contribution in [3.8, 4) is 5.75 Å². The standard InChI is InChI=1S/C30H34FN3O5S/c1-21-18-34(22(2)20-35)40(37,38)29-15-14-24(13-12-23-8-5-4-6-9-23)16-27(29)39-28(21)19-33(3)30(36)32-26-11-7-10-25(31)17-26/h4-17,21-22,28,35H,18-20H2,1-3H3,(H,32,36)/b13-12+/t21-,22-,28+/m0/s1. The molecule has 0 aliphatic carbocycles. The fourth-order valence-corrected chi connectivity index (χ4v) is 6.28. The van der Waals surface area contributed by atoms with E-state index in [4.69, 9.17) is 4.74 Å². The molecule has 8 nitrogen and oxygen atoms in total. The van der Waals surface area contributed by atoms with E-state index in [0.717, 1.165) is 11.1 Å². The van der Waals surface area contributed by atoms with Gasteiger partial charge in [-0.1, -0.05) is 61.5 Å². The van der Waals surface area contributed by atoms with Crippen molar-refractivity contribution in [1.29, 1.82) is 0 Å². The molecule has 2 N–H and O–H groups in total. The van der Waals surface area contributed by atoms with Crippen molar-refractivity contribution in [3.05, 3.63) is 89.7 Å². The Hall–Kier alpha value is -3.73. The number of halogens is 1. The number of urea groups is 1. The number of hydrogen-bond acceptors (Lipinski definition) is 5. The number of anilines is 1. The smallest absolute Gasteiger partial charge is 0.321 e. The van der Waals surface area contributed by atoms with Gasteiger partial charge in [-0.25, -0.2) is 17.6 Å². The third-order valence-electron chi connectivity index (χ3n) is 6.84. The van der Waals surface area contributed by atoms with Crippen molar-refractivity contribution in [2.45, 2.75) is 30.9 Å². The maximum Gasteiger partial charge on any atom is 0.321 e. The van der Waals surface area contributed by atoms with Gasteiger partial charge in [0.15, 0.2) is 0 Å². The van der Waals surface area contributed by atoms with Gasteiger partial charge in [0, 0.05) is 31.2 Å². The summed E-state index contributed by atoms with van der Waals surface area (Å²) in [7, 11) is -2.40. The van der Waals surface area contributed by atoms with Crippen LogP contribution < -0.4 is 10.1 Å². The molecule has 0 saturated heterocycles. The van der Waals surface area contributed by atoms with Gasteiger partial charge in [0.2, 0.25) is 10.0 Å². The van der Waals surface area contributed by atoms with Gasteiger partial charge in [-0.05, 0) is 48.4 Å². The summed E-state index contributed by atoms with van der Waals surface area (Å²) in [6, 6.07) is 19.1. The van der Waals surface area contributed by atoms with Gasteiger partial charge in [0.1, 0.15) is 22.6 Å². The molecule has 1 aliphatic rings. The third-order valence-corrected chi connectivity index (χ3v) is 8.85. The van der Waals surface area contributed by atoms with E-state index in [0.29, 0.717) is 5.69 Å². The fourth-order valence-electron chi connectivity index (χ4n) is 4.46. The van der Waals surface area contributed by atoms with Crippen LogP contribution in [0.15, 0.2) is 77.7 Å². The van der Waals surface area contributed by atoms with Crippen LogP contribution in [0.25, 0.3) is 12.2 Å². The molecule has 2 amide bonds. The lowest BCUT2D eigenvalue weighted by Gasteiger charge is -2.37. The molecule has 3 atom stereocenters. The first kappa shape index (κ1) is 29.3. The summed E-state index contributed by atoms with van der Waals surface area (Å²) in [5.41, 5.74) is 2.05. The Morgan fingerprint density at radius 1 is 1.12 bits per heavy atom. The van der Waals surface area contributed by atoms with Crippen molar-refractivity contribution in [2.75, 3.05) is 32.1 Å². The normalized spacial score (nSPS) is 19.6. The van der Waals surface area contributed by atoms with E-state index >= 15 is 0 Å². The number of amides is 2. The average Bonchev–Trinajstić information content (AvgIpc) is 2.93. The van der Waals surface area contributed by atoms with E-state index in [1.807, 2.05) is 49.4 Å². The Morgan fingerprint density at radius 2 is 1.85 bits per heavy atom. The van der Waals surface area contributed by atoms with E-state index in [9.17, 15) is 22.7 Å². The van der Waals surface area contributed by atoms with Gasteiger partial charge in [0.05, 0.1) is 13.2 Å².